The molecule has 1 fully saturated rings. The number of alkyl halides is 3. The van der Waals surface area contributed by atoms with Gasteiger partial charge in [-0.2, -0.15) is 13.2 Å². The number of thiazole rings is 1. The first-order valence-electron chi connectivity index (χ1n) is 7.46. The topological polar surface area (TPSA) is 48.5 Å². The van der Waals surface area contributed by atoms with E-state index < -0.39 is 11.1 Å². The highest BCUT2D eigenvalue weighted by atomic mass is 32.1. The molecule has 0 unspecified atom stereocenters. The van der Waals surface area contributed by atoms with Crippen molar-refractivity contribution in [2.45, 2.75) is 19.0 Å². The minimum atomic E-state index is -4.33. The molecule has 130 valence electrons. The maximum Gasteiger partial charge on any atom is 0.427 e. The zero-order valence-electron chi connectivity index (χ0n) is 13.2. The number of amides is 1. The minimum absolute atomic E-state index is 0.00281. The third-order valence-electron chi connectivity index (χ3n) is 3.98. The van der Waals surface area contributed by atoms with Crippen LogP contribution in [0.2, 0.25) is 0 Å². The summed E-state index contributed by atoms with van der Waals surface area (Å²) in [6.07, 6.45) is -1.58. The lowest BCUT2D eigenvalue weighted by atomic mass is 9.96. The molecule has 1 aliphatic rings. The molecule has 1 amide bonds. The number of carbonyl (C=O) groups is 1. The molecule has 23 heavy (non-hydrogen) atoms. The Morgan fingerprint density at radius 3 is 2.65 bits per heavy atom. The third kappa shape index (κ3) is 5.07. The van der Waals surface area contributed by atoms with Gasteiger partial charge in [-0.05, 0) is 31.8 Å². The van der Waals surface area contributed by atoms with Crippen LogP contribution < -0.4 is 10.2 Å². The van der Waals surface area contributed by atoms with Crippen molar-refractivity contribution < 1.29 is 18.0 Å². The second-order valence-electron chi connectivity index (χ2n) is 5.78. The van der Waals surface area contributed by atoms with Gasteiger partial charge in [0.25, 0.3) is 0 Å². The number of likely N-dealkylation sites (N-methyl/N-ethyl adjacent to an activating group) is 1. The molecule has 2 heterocycles. The van der Waals surface area contributed by atoms with E-state index in [1.54, 1.807) is 19.0 Å². The average molecular weight is 350 g/mol. The number of rotatable bonds is 5. The monoisotopic (exact) mass is 350 g/mol. The Morgan fingerprint density at radius 1 is 1.48 bits per heavy atom. The summed E-state index contributed by atoms with van der Waals surface area (Å²) in [5.41, 5.74) is 0. The molecule has 1 N–H and O–H groups in total. The first kappa shape index (κ1) is 18.0. The summed E-state index contributed by atoms with van der Waals surface area (Å²) in [6, 6.07) is 0. The molecule has 0 aromatic carbocycles. The van der Waals surface area contributed by atoms with Crippen molar-refractivity contribution >= 4 is 22.4 Å². The Kier molecular flexibility index (Phi) is 5.85. The highest BCUT2D eigenvalue weighted by Gasteiger charge is 2.34. The maximum atomic E-state index is 12.6. The molecule has 1 aromatic heterocycles. The number of hydrogen-bond donors (Lipinski definition) is 1. The Bertz CT molecular complexity index is 526. The van der Waals surface area contributed by atoms with Crippen LogP contribution in [0.15, 0.2) is 6.20 Å². The molecular weight excluding hydrogens is 329 g/mol. The van der Waals surface area contributed by atoms with Gasteiger partial charge in [0.15, 0.2) is 5.13 Å². The zero-order valence-corrected chi connectivity index (χ0v) is 14.0. The first-order valence-corrected chi connectivity index (χ1v) is 8.28. The molecule has 0 spiro atoms. The van der Waals surface area contributed by atoms with Crippen LogP contribution >= 0.6 is 11.3 Å². The van der Waals surface area contributed by atoms with Gasteiger partial charge in [0.1, 0.15) is 4.88 Å². The molecule has 0 aliphatic carbocycles. The zero-order chi connectivity index (χ0) is 17.0. The lowest BCUT2D eigenvalue weighted by Crippen LogP contribution is -2.42. The van der Waals surface area contributed by atoms with E-state index in [1.165, 1.54) is 0 Å². The number of hydrogen-bond acceptors (Lipinski definition) is 5. The number of nitrogens with zero attached hydrogens (tertiary/aromatic N) is 3. The first-order chi connectivity index (χ1) is 10.8. The number of halogens is 3. The van der Waals surface area contributed by atoms with Crippen molar-refractivity contribution in [3.8, 4) is 0 Å². The van der Waals surface area contributed by atoms with Gasteiger partial charge in [0, 0.05) is 20.6 Å². The summed E-state index contributed by atoms with van der Waals surface area (Å²) >= 11 is 0.675. The normalized spacial score (nSPS) is 17.3. The molecule has 1 aliphatic heterocycles. The second kappa shape index (κ2) is 7.48. The van der Waals surface area contributed by atoms with Crippen LogP contribution in [0.4, 0.5) is 18.3 Å². The van der Waals surface area contributed by atoms with Gasteiger partial charge in [-0.15, -0.1) is 0 Å². The van der Waals surface area contributed by atoms with E-state index in [4.69, 9.17) is 0 Å². The van der Waals surface area contributed by atoms with Crippen LogP contribution in [0, 0.1) is 5.92 Å². The summed E-state index contributed by atoms with van der Waals surface area (Å²) in [6.45, 7) is 2.74. The number of nitrogens with one attached hydrogen (secondary N) is 1. The van der Waals surface area contributed by atoms with E-state index in [1.807, 2.05) is 0 Å². The van der Waals surface area contributed by atoms with Crippen molar-refractivity contribution in [2.75, 3.05) is 45.2 Å². The molecule has 0 atom stereocenters. The fraction of sp³-hybridized carbons (Fsp3) is 0.714. The number of aromatic nitrogens is 1. The van der Waals surface area contributed by atoms with Crippen LogP contribution in [-0.4, -0.2) is 56.1 Å². The summed E-state index contributed by atoms with van der Waals surface area (Å²) in [4.78, 5) is 18.4. The van der Waals surface area contributed by atoms with E-state index in [-0.39, 0.29) is 5.91 Å². The van der Waals surface area contributed by atoms with Gasteiger partial charge < -0.3 is 10.2 Å². The number of piperidine rings is 1. The van der Waals surface area contributed by atoms with Gasteiger partial charge in [0.05, 0.1) is 12.7 Å². The van der Waals surface area contributed by atoms with Gasteiger partial charge >= 0.3 is 6.18 Å². The number of carbonyl (C=O) groups excluding carboxylic acids is 1. The van der Waals surface area contributed by atoms with Gasteiger partial charge in [-0.25, -0.2) is 4.98 Å². The van der Waals surface area contributed by atoms with Crippen molar-refractivity contribution in [3.63, 3.8) is 0 Å². The average Bonchev–Trinajstić information content (AvgIpc) is 2.99. The maximum absolute atomic E-state index is 12.6. The number of likely N-dealkylation sites (tertiary alicyclic amines) is 1. The smallest absolute Gasteiger partial charge is 0.358 e. The summed E-state index contributed by atoms with van der Waals surface area (Å²) in [5.74, 6) is 0.405. The summed E-state index contributed by atoms with van der Waals surface area (Å²) in [5, 5.41) is 3.00. The van der Waals surface area contributed by atoms with E-state index >= 15 is 0 Å². The molecular formula is C14H21F3N4OS. The van der Waals surface area contributed by atoms with Crippen molar-refractivity contribution in [1.29, 1.82) is 0 Å². The fourth-order valence-electron chi connectivity index (χ4n) is 2.65. The molecule has 0 radical (unpaired) electrons. The highest BCUT2D eigenvalue weighted by molar-refractivity contribution is 7.15. The van der Waals surface area contributed by atoms with Crippen molar-refractivity contribution in [3.05, 3.63) is 11.1 Å². The molecule has 0 bridgehead atoms. The van der Waals surface area contributed by atoms with Crippen LogP contribution in [0.1, 0.15) is 17.7 Å². The van der Waals surface area contributed by atoms with Gasteiger partial charge in [-0.1, -0.05) is 11.3 Å². The van der Waals surface area contributed by atoms with E-state index in [9.17, 15) is 18.0 Å². The quantitative estimate of drug-likeness (QED) is 0.883. The Hall–Kier alpha value is -1.35. The molecule has 9 heteroatoms. The van der Waals surface area contributed by atoms with Gasteiger partial charge in [0.2, 0.25) is 5.91 Å². The standard InChI is InChI=1S/C14H21F3N4OS/c1-18-12(22)9-21-5-3-10(4-6-21)8-20(2)13-19-7-11(23-13)14(15,16)17/h7,10H,3-6,8-9H2,1-2H3,(H,18,22). The minimum Gasteiger partial charge on any atom is -0.358 e. The van der Waals surface area contributed by atoms with Crippen LogP contribution in [-0.2, 0) is 11.0 Å². The number of anilines is 1. The molecule has 0 saturated carbocycles. The van der Waals surface area contributed by atoms with Crippen LogP contribution in [0.3, 0.4) is 0 Å². The molecule has 2 rings (SSSR count). The summed E-state index contributed by atoms with van der Waals surface area (Å²) < 4.78 is 37.8. The molecule has 5 nitrogen and oxygen atoms in total. The summed E-state index contributed by atoms with van der Waals surface area (Å²) in [7, 11) is 3.39. The largest absolute Gasteiger partial charge is 0.427 e. The van der Waals surface area contributed by atoms with Crippen molar-refractivity contribution in [2.24, 2.45) is 5.92 Å². The van der Waals surface area contributed by atoms with Crippen LogP contribution in [0.5, 0.6) is 0 Å². The lowest BCUT2D eigenvalue weighted by molar-refractivity contribution is -0.134. The predicted octanol–water partition coefficient (Wildman–Crippen LogP) is 2.06. The molecule has 1 aromatic rings. The van der Waals surface area contributed by atoms with Crippen LogP contribution in [0.25, 0.3) is 0 Å². The van der Waals surface area contributed by atoms with E-state index in [0.717, 1.165) is 32.1 Å². The van der Waals surface area contributed by atoms with E-state index in [2.05, 4.69) is 15.2 Å². The second-order valence-corrected chi connectivity index (χ2v) is 6.79. The SMILES string of the molecule is CNC(=O)CN1CCC(CN(C)c2ncc(C(F)(F)F)s2)CC1. The Balaban J connectivity index is 1.82. The third-order valence-corrected chi connectivity index (χ3v) is 5.14. The van der Waals surface area contributed by atoms with Crippen molar-refractivity contribution in [1.82, 2.24) is 15.2 Å². The fourth-order valence-corrected chi connectivity index (χ4v) is 3.40. The Labute approximate surface area is 137 Å². The lowest BCUT2D eigenvalue weighted by Gasteiger charge is -2.33. The Morgan fingerprint density at radius 2 is 2.13 bits per heavy atom. The van der Waals surface area contributed by atoms with E-state index in [0.29, 0.717) is 35.5 Å². The highest BCUT2D eigenvalue weighted by Crippen LogP contribution is 2.36. The predicted molar refractivity (Wildman–Crippen MR) is 83.6 cm³/mol. The molecule has 1 saturated heterocycles. The van der Waals surface area contributed by atoms with Gasteiger partial charge in [-0.3, -0.25) is 9.69 Å².